The molecule has 0 bridgehead atoms. The number of hydrogen-bond donors (Lipinski definition) is 2. The zero-order valence-corrected chi connectivity index (χ0v) is 15.2. The molecule has 0 aliphatic heterocycles. The van der Waals surface area contributed by atoms with Gasteiger partial charge in [-0.3, -0.25) is 9.59 Å². The maximum Gasteiger partial charge on any atom is 0.242 e. The largest absolute Gasteiger partial charge is 0.493 e. The van der Waals surface area contributed by atoms with E-state index in [1.165, 1.54) is 0 Å². The molecule has 7 nitrogen and oxygen atoms in total. The topological polar surface area (TPSA) is 89.8 Å². The average Bonchev–Trinajstić information content (AvgIpc) is 3.17. The van der Waals surface area contributed by atoms with Gasteiger partial charge in [-0.15, -0.1) is 0 Å². The van der Waals surface area contributed by atoms with E-state index >= 15 is 0 Å². The van der Waals surface area contributed by atoms with Gasteiger partial charge in [0.2, 0.25) is 11.8 Å². The maximum absolute atomic E-state index is 12.1. The third-order valence-corrected chi connectivity index (χ3v) is 3.88. The van der Waals surface area contributed by atoms with E-state index < -0.39 is 6.04 Å². The van der Waals surface area contributed by atoms with Gasteiger partial charge >= 0.3 is 0 Å². The fraction of sp³-hybridized carbons (Fsp3) is 0.368. The fourth-order valence-corrected chi connectivity index (χ4v) is 2.41. The van der Waals surface area contributed by atoms with Gasteiger partial charge in [0.15, 0.2) is 11.5 Å². The van der Waals surface area contributed by atoms with E-state index in [1.807, 2.05) is 12.1 Å². The Morgan fingerprint density at radius 3 is 2.58 bits per heavy atom. The van der Waals surface area contributed by atoms with Crippen LogP contribution in [-0.4, -0.2) is 32.1 Å². The number of rotatable bonds is 9. The van der Waals surface area contributed by atoms with Crippen LogP contribution >= 0.6 is 0 Å². The molecule has 0 saturated heterocycles. The Morgan fingerprint density at radius 2 is 1.92 bits per heavy atom. The zero-order chi connectivity index (χ0) is 18.9. The van der Waals surface area contributed by atoms with Crippen molar-refractivity contribution in [2.75, 3.05) is 14.2 Å². The molecular weight excluding hydrogens is 336 g/mol. The molecule has 1 aromatic carbocycles. The van der Waals surface area contributed by atoms with E-state index in [0.29, 0.717) is 23.7 Å². The SMILES string of the molecule is COc1ccc(CCC(=O)NC(C)C(=O)NCc2ccco2)cc1OC. The van der Waals surface area contributed by atoms with Crippen LogP contribution in [0.2, 0.25) is 0 Å². The Morgan fingerprint density at radius 1 is 1.15 bits per heavy atom. The van der Waals surface area contributed by atoms with Gasteiger partial charge in [-0.25, -0.2) is 0 Å². The first-order valence-corrected chi connectivity index (χ1v) is 8.34. The molecule has 0 spiro atoms. The Bertz CT molecular complexity index is 728. The molecule has 140 valence electrons. The van der Waals surface area contributed by atoms with E-state index in [4.69, 9.17) is 13.9 Å². The van der Waals surface area contributed by atoms with Crippen LogP contribution in [0.25, 0.3) is 0 Å². The molecule has 1 heterocycles. The summed E-state index contributed by atoms with van der Waals surface area (Å²) in [5, 5.41) is 5.41. The highest BCUT2D eigenvalue weighted by Gasteiger charge is 2.15. The van der Waals surface area contributed by atoms with Crippen LogP contribution in [0.4, 0.5) is 0 Å². The zero-order valence-electron chi connectivity index (χ0n) is 15.2. The molecule has 2 amide bonds. The number of nitrogens with one attached hydrogen (secondary N) is 2. The number of methoxy groups -OCH3 is 2. The molecule has 0 saturated carbocycles. The Balaban J connectivity index is 1.77. The number of carbonyl (C=O) groups excluding carboxylic acids is 2. The van der Waals surface area contributed by atoms with Crippen LogP contribution in [0.3, 0.4) is 0 Å². The number of hydrogen-bond acceptors (Lipinski definition) is 5. The number of carbonyl (C=O) groups is 2. The Labute approximate surface area is 152 Å². The lowest BCUT2D eigenvalue weighted by Gasteiger charge is -2.14. The molecule has 7 heteroatoms. The summed E-state index contributed by atoms with van der Waals surface area (Å²) in [6.45, 7) is 1.93. The van der Waals surface area contributed by atoms with Crippen molar-refractivity contribution in [3.63, 3.8) is 0 Å². The first-order chi connectivity index (χ1) is 12.5. The molecule has 26 heavy (non-hydrogen) atoms. The number of amides is 2. The van der Waals surface area contributed by atoms with E-state index in [9.17, 15) is 9.59 Å². The standard InChI is InChI=1S/C19H24N2O5/c1-13(19(23)20-12-15-5-4-10-26-15)21-18(22)9-7-14-6-8-16(24-2)17(11-14)25-3/h4-6,8,10-11,13H,7,9,12H2,1-3H3,(H,20,23)(H,21,22). The van der Waals surface area contributed by atoms with Gasteiger partial charge in [0.1, 0.15) is 11.8 Å². The highest BCUT2D eigenvalue weighted by molar-refractivity contribution is 5.87. The summed E-state index contributed by atoms with van der Waals surface area (Å²) in [5.74, 6) is 1.46. The van der Waals surface area contributed by atoms with Crippen LogP contribution in [0.15, 0.2) is 41.0 Å². The smallest absolute Gasteiger partial charge is 0.242 e. The minimum absolute atomic E-state index is 0.194. The van der Waals surface area contributed by atoms with Gasteiger partial charge in [-0.05, 0) is 43.2 Å². The number of benzene rings is 1. The van der Waals surface area contributed by atoms with Crippen LogP contribution in [0, 0.1) is 0 Å². The second-order valence-corrected chi connectivity index (χ2v) is 5.78. The highest BCUT2D eigenvalue weighted by atomic mass is 16.5. The lowest BCUT2D eigenvalue weighted by Crippen LogP contribution is -2.44. The molecule has 1 aromatic heterocycles. The van der Waals surface area contributed by atoms with E-state index in [0.717, 1.165) is 5.56 Å². The summed E-state index contributed by atoms with van der Waals surface area (Å²) in [6, 6.07) is 8.42. The molecule has 0 aliphatic rings. The fourth-order valence-electron chi connectivity index (χ4n) is 2.41. The van der Waals surface area contributed by atoms with Crippen molar-refractivity contribution in [3.05, 3.63) is 47.9 Å². The van der Waals surface area contributed by atoms with Gasteiger partial charge in [0.25, 0.3) is 0 Å². The second kappa shape index (κ2) is 9.50. The summed E-state index contributed by atoms with van der Waals surface area (Å²) < 4.78 is 15.6. The first-order valence-electron chi connectivity index (χ1n) is 8.34. The van der Waals surface area contributed by atoms with Crippen molar-refractivity contribution >= 4 is 11.8 Å². The predicted octanol–water partition coefficient (Wildman–Crippen LogP) is 2.05. The molecule has 2 rings (SSSR count). The van der Waals surface area contributed by atoms with Crippen molar-refractivity contribution in [1.29, 1.82) is 0 Å². The van der Waals surface area contributed by atoms with Crippen LogP contribution in [0.1, 0.15) is 24.7 Å². The van der Waals surface area contributed by atoms with E-state index in [1.54, 1.807) is 45.6 Å². The van der Waals surface area contributed by atoms with Crippen molar-refractivity contribution < 1.29 is 23.5 Å². The van der Waals surface area contributed by atoms with E-state index in [-0.39, 0.29) is 24.8 Å². The predicted molar refractivity (Wildman–Crippen MR) is 96.0 cm³/mol. The molecule has 0 fully saturated rings. The summed E-state index contributed by atoms with van der Waals surface area (Å²) in [4.78, 5) is 24.1. The molecule has 0 aliphatic carbocycles. The van der Waals surface area contributed by atoms with Gasteiger partial charge in [-0.1, -0.05) is 6.07 Å². The maximum atomic E-state index is 12.1. The van der Waals surface area contributed by atoms with Crippen LogP contribution in [-0.2, 0) is 22.6 Å². The summed E-state index contributed by atoms with van der Waals surface area (Å²) >= 11 is 0. The van der Waals surface area contributed by atoms with Crippen molar-refractivity contribution in [2.45, 2.75) is 32.4 Å². The summed E-state index contributed by atoms with van der Waals surface area (Å²) in [6.07, 6.45) is 2.35. The van der Waals surface area contributed by atoms with E-state index in [2.05, 4.69) is 10.6 Å². The Hall–Kier alpha value is -2.96. The first kappa shape index (κ1) is 19.4. The molecule has 2 aromatic rings. The molecule has 0 radical (unpaired) electrons. The third-order valence-electron chi connectivity index (χ3n) is 3.88. The number of furan rings is 1. The monoisotopic (exact) mass is 360 g/mol. The third kappa shape index (κ3) is 5.54. The lowest BCUT2D eigenvalue weighted by molar-refractivity contribution is -0.128. The highest BCUT2D eigenvalue weighted by Crippen LogP contribution is 2.27. The Kier molecular flexibility index (Phi) is 7.08. The van der Waals surface area contributed by atoms with Gasteiger partial charge in [0.05, 0.1) is 27.0 Å². The lowest BCUT2D eigenvalue weighted by atomic mass is 10.1. The van der Waals surface area contributed by atoms with Crippen molar-refractivity contribution in [2.24, 2.45) is 0 Å². The number of ether oxygens (including phenoxy) is 2. The number of aryl methyl sites for hydroxylation is 1. The average molecular weight is 360 g/mol. The minimum atomic E-state index is -0.622. The van der Waals surface area contributed by atoms with Gasteiger partial charge in [0, 0.05) is 6.42 Å². The minimum Gasteiger partial charge on any atom is -0.493 e. The summed E-state index contributed by atoms with van der Waals surface area (Å²) in [7, 11) is 3.14. The van der Waals surface area contributed by atoms with Crippen LogP contribution in [0.5, 0.6) is 11.5 Å². The van der Waals surface area contributed by atoms with Crippen LogP contribution < -0.4 is 20.1 Å². The van der Waals surface area contributed by atoms with Gasteiger partial charge in [-0.2, -0.15) is 0 Å². The quantitative estimate of drug-likeness (QED) is 0.714. The molecule has 1 unspecified atom stereocenters. The second-order valence-electron chi connectivity index (χ2n) is 5.78. The molecule has 1 atom stereocenters. The van der Waals surface area contributed by atoms with Crippen molar-refractivity contribution in [1.82, 2.24) is 10.6 Å². The molecular formula is C19H24N2O5. The summed E-state index contributed by atoms with van der Waals surface area (Å²) in [5.41, 5.74) is 0.952. The normalized spacial score (nSPS) is 11.5. The van der Waals surface area contributed by atoms with Gasteiger partial charge < -0.3 is 24.5 Å². The molecule has 2 N–H and O–H groups in total. The van der Waals surface area contributed by atoms with Crippen molar-refractivity contribution in [3.8, 4) is 11.5 Å².